The lowest BCUT2D eigenvalue weighted by atomic mass is 9.83. The number of ether oxygens (including phenoxy) is 4. The fourth-order valence-electron chi connectivity index (χ4n) is 6.52. The Morgan fingerprint density at radius 3 is 2.22 bits per heavy atom. The quantitative estimate of drug-likeness (QED) is 0.183. The van der Waals surface area contributed by atoms with Crippen LogP contribution in [0.4, 0.5) is 5.69 Å². The molecule has 0 spiro atoms. The molecule has 0 unspecified atom stereocenters. The summed E-state index contributed by atoms with van der Waals surface area (Å²) >= 11 is 0. The van der Waals surface area contributed by atoms with Crippen LogP contribution < -0.4 is 10.1 Å². The normalized spacial score (nSPS) is 32.3. The van der Waals surface area contributed by atoms with E-state index in [1.54, 1.807) is 32.1 Å². The number of fused-ring (bicyclic) bond motifs is 14. The first kappa shape index (κ1) is 37.7. The van der Waals surface area contributed by atoms with Gasteiger partial charge in [-0.05, 0) is 33.8 Å². The third-order valence-corrected chi connectivity index (χ3v) is 9.84. The number of aliphatic hydroxyl groups is 2. The number of benzene rings is 2. The smallest absolute Gasteiger partial charge is 0.312 e. The van der Waals surface area contributed by atoms with Gasteiger partial charge in [0.25, 0.3) is 11.7 Å². The van der Waals surface area contributed by atoms with E-state index >= 15 is 0 Å². The third kappa shape index (κ3) is 7.00. The van der Waals surface area contributed by atoms with Crippen molar-refractivity contribution in [2.24, 2.45) is 17.8 Å². The maximum absolute atomic E-state index is 14.0. The van der Waals surface area contributed by atoms with E-state index in [0.29, 0.717) is 6.61 Å². The van der Waals surface area contributed by atoms with Gasteiger partial charge in [0.05, 0.1) is 47.3 Å². The molecular weight excluding hydrogens is 634 g/mol. The molecule has 5 bridgehead atoms. The van der Waals surface area contributed by atoms with Crippen LogP contribution in [0.3, 0.4) is 0 Å². The summed E-state index contributed by atoms with van der Waals surface area (Å²) in [6, 6.07) is 0. The number of ketones is 1. The van der Waals surface area contributed by atoms with E-state index < -0.39 is 65.1 Å². The Morgan fingerprint density at radius 2 is 1.59 bits per heavy atom. The SMILES string of the molecule is CCO[C@H]1[C@H](C)[C@H](O)C[C@@H](O)[C@@H](C)/C=C/C=C(/C)C(=O)Nc2c(C)c(O)c3c4c(c(C)c(O)c3c2O)O[C@](C)(O/C=C/[C@H](OC)[C@H]1C)C4=O. The van der Waals surface area contributed by atoms with Crippen LogP contribution in [0.5, 0.6) is 23.0 Å². The molecule has 0 saturated carbocycles. The third-order valence-electron chi connectivity index (χ3n) is 9.84. The molecule has 3 aliphatic rings. The number of hydrogen-bond donors (Lipinski definition) is 6. The van der Waals surface area contributed by atoms with Gasteiger partial charge < -0.3 is 49.8 Å². The number of anilines is 1. The molecule has 0 fully saturated rings. The lowest BCUT2D eigenvalue weighted by Crippen LogP contribution is -2.42. The Hall–Kier alpha value is -4.10. The number of methoxy groups -OCH3 is 1. The minimum absolute atomic E-state index is 0.0276. The van der Waals surface area contributed by atoms with Crippen molar-refractivity contribution in [1.29, 1.82) is 0 Å². The van der Waals surface area contributed by atoms with E-state index in [4.69, 9.17) is 18.9 Å². The van der Waals surface area contributed by atoms with E-state index in [0.717, 1.165) is 0 Å². The Bertz CT molecular complexity index is 1700. The molecule has 0 aliphatic carbocycles. The molecule has 3 heterocycles. The molecule has 12 heteroatoms. The molecule has 5 rings (SSSR count). The second-order valence-electron chi connectivity index (χ2n) is 13.2. The number of carbonyl (C=O) groups excluding carboxylic acids is 2. The van der Waals surface area contributed by atoms with Gasteiger partial charge in [0.2, 0.25) is 0 Å². The number of hydrogen-bond acceptors (Lipinski definition) is 11. The van der Waals surface area contributed by atoms with Crippen LogP contribution in [0.1, 0.15) is 69.4 Å². The molecule has 2 aromatic rings. The van der Waals surface area contributed by atoms with Crippen molar-refractivity contribution >= 4 is 28.2 Å². The van der Waals surface area contributed by atoms with Gasteiger partial charge in [-0.1, -0.05) is 39.0 Å². The minimum Gasteiger partial charge on any atom is -0.507 e. The van der Waals surface area contributed by atoms with E-state index in [9.17, 15) is 35.1 Å². The van der Waals surface area contributed by atoms with Crippen LogP contribution in [-0.4, -0.2) is 81.1 Å². The highest BCUT2D eigenvalue weighted by atomic mass is 16.7. The second-order valence-corrected chi connectivity index (χ2v) is 13.2. The Morgan fingerprint density at radius 1 is 0.939 bits per heavy atom. The van der Waals surface area contributed by atoms with Crippen molar-refractivity contribution < 1.29 is 54.1 Å². The number of aromatic hydroxyl groups is 3. The van der Waals surface area contributed by atoms with Gasteiger partial charge in [-0.3, -0.25) is 9.59 Å². The zero-order valence-electron chi connectivity index (χ0n) is 29.5. The number of nitrogens with one attached hydrogen (secondary N) is 1. The van der Waals surface area contributed by atoms with Gasteiger partial charge in [-0.25, -0.2) is 0 Å². The zero-order valence-corrected chi connectivity index (χ0v) is 29.5. The Balaban J connectivity index is 1.88. The maximum Gasteiger partial charge on any atom is 0.312 e. The number of rotatable bonds is 3. The lowest BCUT2D eigenvalue weighted by Gasteiger charge is -2.35. The van der Waals surface area contributed by atoms with E-state index in [-0.39, 0.29) is 62.7 Å². The van der Waals surface area contributed by atoms with Gasteiger partial charge in [0.15, 0.2) is 5.75 Å². The lowest BCUT2D eigenvalue weighted by molar-refractivity contribution is -0.112. The van der Waals surface area contributed by atoms with E-state index in [2.05, 4.69) is 5.32 Å². The number of phenolic OH excluding ortho intramolecular Hbond substituents is 3. The highest BCUT2D eigenvalue weighted by molar-refractivity contribution is 6.22. The van der Waals surface area contributed by atoms with Crippen LogP contribution in [-0.2, 0) is 19.0 Å². The van der Waals surface area contributed by atoms with Gasteiger partial charge in [0, 0.05) is 66.9 Å². The molecule has 0 saturated heterocycles. The van der Waals surface area contributed by atoms with E-state index in [1.165, 1.54) is 40.2 Å². The summed E-state index contributed by atoms with van der Waals surface area (Å²) in [6.45, 7) is 13.6. The summed E-state index contributed by atoms with van der Waals surface area (Å²) in [5, 5.41) is 58.4. The summed E-state index contributed by atoms with van der Waals surface area (Å²) in [7, 11) is 1.51. The standard InChI is InChI=1S/C37H49NO11/c1-10-47-33-19(4)24(40)16-23(39)17(2)12-11-13-18(3)36(45)38-29-21(6)30(41)26-27(32(29)43)31(42)22(7)34-28(26)35(44)37(8,49-34)48-15-14-25(46-9)20(33)5/h11-15,17,19-20,23-25,33,39-43H,10,16H2,1-9H3,(H,38,45)/b12-11+,15-14+,18-13-/t17-,19+,20+,23+,24+,25-,33-,37-/m0/s1. The second kappa shape index (κ2) is 14.8. The number of Topliss-reactive ketones (excluding diaryl/α,β-unsaturated/α-hetero) is 1. The van der Waals surface area contributed by atoms with Crippen LogP contribution in [0, 0.1) is 31.6 Å². The fourth-order valence-corrected chi connectivity index (χ4v) is 6.52. The molecular formula is C37H49NO11. The first-order chi connectivity index (χ1) is 23.0. The monoisotopic (exact) mass is 683 g/mol. The van der Waals surface area contributed by atoms with Gasteiger partial charge in [-0.15, -0.1) is 0 Å². The Labute approximate surface area is 286 Å². The number of aliphatic hydroxyl groups excluding tert-OH is 2. The van der Waals surface area contributed by atoms with Gasteiger partial charge >= 0.3 is 5.79 Å². The Kier molecular flexibility index (Phi) is 11.4. The average molecular weight is 684 g/mol. The van der Waals surface area contributed by atoms with Crippen molar-refractivity contribution in [2.75, 3.05) is 19.0 Å². The minimum atomic E-state index is -1.92. The number of amides is 1. The summed E-state index contributed by atoms with van der Waals surface area (Å²) in [6.07, 6.45) is 4.89. The topological polar surface area (TPSA) is 184 Å². The molecule has 2 aromatic carbocycles. The molecule has 49 heavy (non-hydrogen) atoms. The average Bonchev–Trinajstić information content (AvgIpc) is 3.32. The van der Waals surface area contributed by atoms with Crippen molar-refractivity contribution in [3.63, 3.8) is 0 Å². The molecule has 6 N–H and O–H groups in total. The zero-order chi connectivity index (χ0) is 36.5. The van der Waals surface area contributed by atoms with Crippen LogP contribution in [0.15, 0.2) is 36.1 Å². The van der Waals surface area contributed by atoms with Gasteiger partial charge in [0.1, 0.15) is 17.2 Å². The van der Waals surface area contributed by atoms with E-state index in [1.807, 2.05) is 20.8 Å². The molecule has 3 aliphatic heterocycles. The summed E-state index contributed by atoms with van der Waals surface area (Å²) in [4.78, 5) is 27.2. The summed E-state index contributed by atoms with van der Waals surface area (Å²) < 4.78 is 23.8. The first-order valence-corrected chi connectivity index (χ1v) is 16.5. The molecule has 12 nitrogen and oxygen atoms in total. The van der Waals surface area contributed by atoms with Crippen molar-refractivity contribution in [3.8, 4) is 23.0 Å². The van der Waals surface area contributed by atoms with Crippen LogP contribution >= 0.6 is 0 Å². The van der Waals surface area contributed by atoms with Crippen molar-refractivity contribution in [3.05, 3.63) is 52.8 Å². The maximum atomic E-state index is 14.0. The highest BCUT2D eigenvalue weighted by Crippen LogP contribution is 2.55. The highest BCUT2D eigenvalue weighted by Gasteiger charge is 2.49. The largest absolute Gasteiger partial charge is 0.507 e. The predicted octanol–water partition coefficient (Wildman–Crippen LogP) is 5.29. The first-order valence-electron chi connectivity index (χ1n) is 16.5. The number of allylic oxidation sites excluding steroid dienone is 2. The number of phenols is 3. The molecule has 0 aromatic heterocycles. The van der Waals surface area contributed by atoms with Crippen LogP contribution in [0.2, 0.25) is 0 Å². The summed E-state index contributed by atoms with van der Waals surface area (Å²) in [5.74, 6) is -5.79. The van der Waals surface area contributed by atoms with Crippen molar-refractivity contribution in [1.82, 2.24) is 0 Å². The molecule has 1 amide bonds. The molecule has 0 radical (unpaired) electrons. The molecule has 268 valence electrons. The van der Waals surface area contributed by atoms with Gasteiger partial charge in [-0.2, -0.15) is 0 Å². The predicted molar refractivity (Wildman–Crippen MR) is 184 cm³/mol. The number of carbonyl (C=O) groups is 2. The summed E-state index contributed by atoms with van der Waals surface area (Å²) in [5.41, 5.74) is 0.147. The van der Waals surface area contributed by atoms with Crippen LogP contribution in [0.25, 0.3) is 10.8 Å². The fraction of sp³-hybridized carbons (Fsp3) is 0.514. The molecule has 8 atom stereocenters. The van der Waals surface area contributed by atoms with Crippen molar-refractivity contribution in [2.45, 2.75) is 92.0 Å².